The van der Waals surface area contributed by atoms with Crippen LogP contribution in [0.2, 0.25) is 5.02 Å². The van der Waals surface area contributed by atoms with E-state index in [2.05, 4.69) is 15.6 Å². The standard InChI is InChI=1S/C19H13ClFN3O3S/c1-9-17(25)22-13-7-10(5-6-15(13)27-9)14-8-28-19(23-14)24-18(26)16-11(20)3-2-4-12(16)21/h2-9H,1H3,(H,22,25)(H,23,24,26). The molecule has 0 saturated carbocycles. The molecular weight excluding hydrogens is 405 g/mol. The third-order valence-electron chi connectivity index (χ3n) is 4.12. The summed E-state index contributed by atoms with van der Waals surface area (Å²) in [5.41, 5.74) is 1.65. The number of nitrogens with one attached hydrogen (secondary N) is 2. The molecule has 6 nitrogen and oxygen atoms in total. The molecule has 1 aliphatic rings. The van der Waals surface area contributed by atoms with Crippen molar-refractivity contribution in [3.63, 3.8) is 0 Å². The molecule has 28 heavy (non-hydrogen) atoms. The molecule has 0 bridgehead atoms. The molecule has 4 rings (SSSR count). The van der Waals surface area contributed by atoms with Gasteiger partial charge in [-0.3, -0.25) is 14.9 Å². The summed E-state index contributed by atoms with van der Waals surface area (Å²) < 4.78 is 19.4. The van der Waals surface area contributed by atoms with E-state index in [-0.39, 0.29) is 16.5 Å². The monoisotopic (exact) mass is 417 g/mol. The fourth-order valence-corrected chi connectivity index (χ4v) is 3.67. The Balaban J connectivity index is 1.56. The van der Waals surface area contributed by atoms with Gasteiger partial charge in [-0.1, -0.05) is 17.7 Å². The van der Waals surface area contributed by atoms with Gasteiger partial charge >= 0.3 is 0 Å². The average Bonchev–Trinajstić information content (AvgIpc) is 3.10. The lowest BCUT2D eigenvalue weighted by Gasteiger charge is -2.23. The van der Waals surface area contributed by atoms with Crippen molar-refractivity contribution < 1.29 is 18.7 Å². The van der Waals surface area contributed by atoms with E-state index < -0.39 is 17.8 Å². The fraction of sp³-hybridized carbons (Fsp3) is 0.105. The van der Waals surface area contributed by atoms with Gasteiger partial charge in [0.25, 0.3) is 11.8 Å². The highest BCUT2D eigenvalue weighted by atomic mass is 35.5. The molecule has 2 N–H and O–H groups in total. The van der Waals surface area contributed by atoms with E-state index in [0.29, 0.717) is 22.3 Å². The van der Waals surface area contributed by atoms with Gasteiger partial charge in [-0.25, -0.2) is 9.37 Å². The Morgan fingerprint density at radius 3 is 2.96 bits per heavy atom. The molecule has 142 valence electrons. The lowest BCUT2D eigenvalue weighted by molar-refractivity contribution is -0.122. The Bertz CT molecular complexity index is 1080. The number of nitrogens with zero attached hydrogens (tertiary/aromatic N) is 1. The Kier molecular flexibility index (Phi) is 4.74. The topological polar surface area (TPSA) is 80.3 Å². The first-order valence-electron chi connectivity index (χ1n) is 8.25. The van der Waals surface area contributed by atoms with Crippen molar-refractivity contribution in [2.75, 3.05) is 10.6 Å². The van der Waals surface area contributed by atoms with Crippen LogP contribution in [0.4, 0.5) is 15.2 Å². The van der Waals surface area contributed by atoms with E-state index in [1.807, 2.05) is 0 Å². The SMILES string of the molecule is CC1Oc2ccc(-c3csc(NC(=O)c4c(F)cccc4Cl)n3)cc2NC1=O. The molecule has 1 atom stereocenters. The Hall–Kier alpha value is -2.97. The van der Waals surface area contributed by atoms with Crippen molar-refractivity contribution in [1.82, 2.24) is 4.98 Å². The summed E-state index contributed by atoms with van der Waals surface area (Å²) in [7, 11) is 0. The number of hydrogen-bond donors (Lipinski definition) is 2. The molecule has 0 saturated heterocycles. The predicted molar refractivity (Wildman–Crippen MR) is 106 cm³/mol. The highest BCUT2D eigenvalue weighted by Gasteiger charge is 2.24. The number of aromatic nitrogens is 1. The van der Waals surface area contributed by atoms with E-state index in [0.717, 1.165) is 5.56 Å². The predicted octanol–water partition coefficient (Wildman–Crippen LogP) is 4.57. The highest BCUT2D eigenvalue weighted by Crippen LogP contribution is 2.35. The number of ether oxygens (including phenoxy) is 1. The summed E-state index contributed by atoms with van der Waals surface area (Å²) in [5.74, 6) is -1.03. The lowest BCUT2D eigenvalue weighted by atomic mass is 10.1. The van der Waals surface area contributed by atoms with Crippen molar-refractivity contribution in [3.8, 4) is 17.0 Å². The van der Waals surface area contributed by atoms with Crippen LogP contribution in [0.25, 0.3) is 11.3 Å². The number of amides is 2. The summed E-state index contributed by atoms with van der Waals surface area (Å²) in [6.45, 7) is 1.67. The number of rotatable bonds is 3. The number of carbonyl (C=O) groups excluding carboxylic acids is 2. The maximum atomic E-state index is 13.9. The van der Waals surface area contributed by atoms with Crippen molar-refractivity contribution >= 4 is 45.6 Å². The van der Waals surface area contributed by atoms with Gasteiger partial charge in [-0.15, -0.1) is 11.3 Å². The zero-order valence-electron chi connectivity index (χ0n) is 14.5. The van der Waals surface area contributed by atoms with Gasteiger partial charge in [0.1, 0.15) is 11.6 Å². The van der Waals surface area contributed by atoms with Crippen LogP contribution in [0, 0.1) is 5.82 Å². The van der Waals surface area contributed by atoms with E-state index in [9.17, 15) is 14.0 Å². The molecule has 9 heteroatoms. The second-order valence-electron chi connectivity index (χ2n) is 6.05. The molecule has 1 aliphatic heterocycles. The molecule has 2 heterocycles. The minimum Gasteiger partial charge on any atom is -0.479 e. The summed E-state index contributed by atoms with van der Waals surface area (Å²) >= 11 is 7.11. The summed E-state index contributed by atoms with van der Waals surface area (Å²) in [6, 6.07) is 9.33. The van der Waals surface area contributed by atoms with Crippen molar-refractivity contribution in [3.05, 3.63) is 58.2 Å². The van der Waals surface area contributed by atoms with Crippen molar-refractivity contribution in [2.24, 2.45) is 0 Å². The molecule has 2 amide bonds. The van der Waals surface area contributed by atoms with Crippen LogP contribution in [-0.2, 0) is 4.79 Å². The maximum Gasteiger partial charge on any atom is 0.265 e. The fourth-order valence-electron chi connectivity index (χ4n) is 2.71. The molecule has 3 aromatic rings. The normalized spacial score (nSPS) is 15.4. The Morgan fingerprint density at radius 1 is 1.36 bits per heavy atom. The number of benzene rings is 2. The van der Waals surface area contributed by atoms with Gasteiger partial charge in [0.2, 0.25) is 0 Å². The summed E-state index contributed by atoms with van der Waals surface area (Å²) in [6.07, 6.45) is -0.551. The van der Waals surface area contributed by atoms with Crippen LogP contribution in [0.1, 0.15) is 17.3 Å². The van der Waals surface area contributed by atoms with Crippen molar-refractivity contribution in [1.29, 1.82) is 0 Å². The van der Waals surface area contributed by atoms with E-state index in [1.165, 1.54) is 29.5 Å². The quantitative estimate of drug-likeness (QED) is 0.654. The number of fused-ring (bicyclic) bond motifs is 1. The van der Waals surface area contributed by atoms with Crippen LogP contribution >= 0.6 is 22.9 Å². The van der Waals surface area contributed by atoms with E-state index in [4.69, 9.17) is 16.3 Å². The van der Waals surface area contributed by atoms with Gasteiger partial charge < -0.3 is 10.1 Å². The van der Waals surface area contributed by atoms with Gasteiger partial charge in [-0.05, 0) is 37.3 Å². The maximum absolute atomic E-state index is 13.9. The van der Waals surface area contributed by atoms with Gasteiger partial charge in [-0.2, -0.15) is 0 Å². The van der Waals surface area contributed by atoms with E-state index in [1.54, 1.807) is 30.5 Å². The second-order valence-corrected chi connectivity index (χ2v) is 7.31. The number of thiazole rings is 1. The molecule has 2 aromatic carbocycles. The smallest absolute Gasteiger partial charge is 0.265 e. The Labute approximate surface area is 168 Å². The summed E-state index contributed by atoms with van der Waals surface area (Å²) in [5, 5.41) is 7.40. The van der Waals surface area contributed by atoms with Crippen molar-refractivity contribution in [2.45, 2.75) is 13.0 Å². The molecule has 0 radical (unpaired) electrons. The first kappa shape index (κ1) is 18.4. The molecular formula is C19H13ClFN3O3S. The molecule has 0 spiro atoms. The molecule has 1 unspecified atom stereocenters. The number of anilines is 2. The van der Waals surface area contributed by atoms with Crippen LogP contribution in [0.5, 0.6) is 5.75 Å². The second kappa shape index (κ2) is 7.21. The van der Waals surface area contributed by atoms with Gasteiger partial charge in [0.15, 0.2) is 11.2 Å². The van der Waals surface area contributed by atoms with Crippen LogP contribution in [0.15, 0.2) is 41.8 Å². The van der Waals surface area contributed by atoms with E-state index >= 15 is 0 Å². The zero-order chi connectivity index (χ0) is 19.8. The third-order valence-corrected chi connectivity index (χ3v) is 5.19. The number of hydrogen-bond acceptors (Lipinski definition) is 5. The highest BCUT2D eigenvalue weighted by molar-refractivity contribution is 7.14. The minimum atomic E-state index is -0.707. The first-order valence-corrected chi connectivity index (χ1v) is 9.51. The first-order chi connectivity index (χ1) is 13.4. The largest absolute Gasteiger partial charge is 0.479 e. The zero-order valence-corrected chi connectivity index (χ0v) is 16.0. The van der Waals surface area contributed by atoms with Gasteiger partial charge in [0, 0.05) is 10.9 Å². The Morgan fingerprint density at radius 2 is 2.18 bits per heavy atom. The molecule has 1 aromatic heterocycles. The number of halogens is 2. The van der Waals surface area contributed by atoms with Gasteiger partial charge in [0.05, 0.1) is 22.0 Å². The third kappa shape index (κ3) is 3.44. The van der Waals surface area contributed by atoms with Crippen LogP contribution in [-0.4, -0.2) is 22.9 Å². The average molecular weight is 418 g/mol. The molecule has 0 aliphatic carbocycles. The van der Waals surface area contributed by atoms with Crippen LogP contribution in [0.3, 0.4) is 0 Å². The number of carbonyl (C=O) groups is 2. The molecule has 0 fully saturated rings. The lowest BCUT2D eigenvalue weighted by Crippen LogP contribution is -2.34. The minimum absolute atomic E-state index is 0.0222. The summed E-state index contributed by atoms with van der Waals surface area (Å²) in [4.78, 5) is 28.5. The van der Waals surface area contributed by atoms with Crippen LogP contribution < -0.4 is 15.4 Å².